The zero-order valence-corrected chi connectivity index (χ0v) is 10.9. The lowest BCUT2D eigenvalue weighted by molar-refractivity contribution is -0.384. The van der Waals surface area contributed by atoms with Gasteiger partial charge in [0, 0.05) is 23.6 Å². The van der Waals surface area contributed by atoms with Crippen molar-refractivity contribution in [3.8, 4) is 11.4 Å². The van der Waals surface area contributed by atoms with Crippen LogP contribution in [-0.4, -0.2) is 33.2 Å². The largest absolute Gasteiger partial charge is 0.317 e. The molecule has 1 aliphatic rings. The molecule has 2 heterocycles. The van der Waals surface area contributed by atoms with E-state index in [1.807, 2.05) is 0 Å². The minimum atomic E-state index is -0.413. The van der Waals surface area contributed by atoms with E-state index >= 15 is 0 Å². The van der Waals surface area contributed by atoms with Crippen LogP contribution in [0, 0.1) is 10.1 Å². The lowest BCUT2D eigenvalue weighted by atomic mass is 9.98. The Balaban J connectivity index is 1.85. The van der Waals surface area contributed by atoms with Crippen molar-refractivity contribution in [1.29, 1.82) is 0 Å². The second-order valence-electron chi connectivity index (χ2n) is 4.88. The molecule has 1 fully saturated rings. The Morgan fingerprint density at radius 1 is 1.30 bits per heavy atom. The molecule has 0 amide bonds. The Bertz CT molecular complexity index is 619. The van der Waals surface area contributed by atoms with Crippen molar-refractivity contribution >= 4 is 5.69 Å². The lowest BCUT2D eigenvalue weighted by Crippen LogP contribution is -2.27. The number of aromatic nitrogens is 3. The van der Waals surface area contributed by atoms with Crippen molar-refractivity contribution in [2.45, 2.75) is 18.8 Å². The number of aromatic amines is 1. The number of benzene rings is 1. The third-order valence-corrected chi connectivity index (χ3v) is 3.54. The maximum absolute atomic E-state index is 10.8. The molecule has 0 unspecified atom stereocenters. The molecule has 1 saturated heterocycles. The van der Waals surface area contributed by atoms with Crippen LogP contribution in [-0.2, 0) is 0 Å². The normalized spacial score (nSPS) is 16.2. The van der Waals surface area contributed by atoms with E-state index in [1.165, 1.54) is 12.1 Å². The van der Waals surface area contributed by atoms with E-state index in [-0.39, 0.29) is 5.69 Å². The fourth-order valence-electron chi connectivity index (χ4n) is 2.44. The summed E-state index contributed by atoms with van der Waals surface area (Å²) < 4.78 is 0. The number of H-pyrrole nitrogens is 1. The Hall–Kier alpha value is -2.28. The molecule has 0 atom stereocenters. The molecule has 3 rings (SSSR count). The number of piperidine rings is 1. The van der Waals surface area contributed by atoms with Gasteiger partial charge < -0.3 is 5.32 Å². The van der Waals surface area contributed by atoms with E-state index in [2.05, 4.69) is 20.5 Å². The SMILES string of the molecule is O=[N+]([O-])c1cccc(-c2n[nH]c(C3CCNCC3)n2)c1. The first kappa shape index (κ1) is 12.7. The molecule has 20 heavy (non-hydrogen) atoms. The molecule has 1 aromatic carbocycles. The maximum atomic E-state index is 10.8. The van der Waals surface area contributed by atoms with Gasteiger partial charge >= 0.3 is 0 Å². The van der Waals surface area contributed by atoms with Crippen LogP contribution in [0.25, 0.3) is 11.4 Å². The van der Waals surface area contributed by atoms with Gasteiger partial charge in [-0.1, -0.05) is 12.1 Å². The molecular formula is C13H15N5O2. The van der Waals surface area contributed by atoms with E-state index < -0.39 is 4.92 Å². The minimum absolute atomic E-state index is 0.0516. The highest BCUT2D eigenvalue weighted by Crippen LogP contribution is 2.25. The summed E-state index contributed by atoms with van der Waals surface area (Å²) >= 11 is 0. The first-order chi connectivity index (χ1) is 9.74. The van der Waals surface area contributed by atoms with Crippen molar-refractivity contribution < 1.29 is 4.92 Å². The summed E-state index contributed by atoms with van der Waals surface area (Å²) in [6, 6.07) is 6.38. The minimum Gasteiger partial charge on any atom is -0.317 e. The number of rotatable bonds is 3. The van der Waals surface area contributed by atoms with Crippen molar-refractivity contribution in [3.63, 3.8) is 0 Å². The number of nitrogens with one attached hydrogen (secondary N) is 2. The smallest absolute Gasteiger partial charge is 0.270 e. The second kappa shape index (κ2) is 5.38. The molecule has 2 N–H and O–H groups in total. The van der Waals surface area contributed by atoms with Crippen molar-refractivity contribution in [2.75, 3.05) is 13.1 Å². The fourth-order valence-corrected chi connectivity index (χ4v) is 2.44. The zero-order valence-electron chi connectivity index (χ0n) is 10.9. The van der Waals surface area contributed by atoms with Gasteiger partial charge in [-0.3, -0.25) is 15.2 Å². The quantitative estimate of drug-likeness (QED) is 0.657. The summed E-state index contributed by atoms with van der Waals surface area (Å²) in [6.07, 6.45) is 2.06. The van der Waals surface area contributed by atoms with Crippen molar-refractivity contribution in [3.05, 3.63) is 40.2 Å². The molecule has 104 valence electrons. The van der Waals surface area contributed by atoms with Gasteiger partial charge in [-0.2, -0.15) is 5.10 Å². The van der Waals surface area contributed by atoms with E-state index in [4.69, 9.17) is 0 Å². The molecular weight excluding hydrogens is 258 g/mol. The summed E-state index contributed by atoms with van der Waals surface area (Å²) in [7, 11) is 0. The standard InChI is InChI=1S/C13H15N5O2/c19-18(20)11-3-1-2-10(8-11)13-15-12(16-17-13)9-4-6-14-7-5-9/h1-3,8-9,14H,4-7H2,(H,15,16,17). The predicted molar refractivity (Wildman–Crippen MR) is 73.3 cm³/mol. The van der Waals surface area contributed by atoms with Crippen molar-refractivity contribution in [2.24, 2.45) is 0 Å². The fraction of sp³-hybridized carbons (Fsp3) is 0.385. The summed E-state index contributed by atoms with van der Waals surface area (Å²) in [5.74, 6) is 1.77. The average Bonchev–Trinajstić information content (AvgIpc) is 2.98. The van der Waals surface area contributed by atoms with Gasteiger partial charge in [-0.05, 0) is 25.9 Å². The van der Waals surface area contributed by atoms with Gasteiger partial charge in [0.05, 0.1) is 4.92 Å². The van der Waals surface area contributed by atoms with E-state index in [1.54, 1.807) is 12.1 Å². The van der Waals surface area contributed by atoms with Crippen LogP contribution in [0.15, 0.2) is 24.3 Å². The number of nitro benzene ring substituents is 1. The average molecular weight is 273 g/mol. The van der Waals surface area contributed by atoms with Gasteiger partial charge in [-0.25, -0.2) is 4.98 Å². The molecule has 1 aromatic heterocycles. The van der Waals surface area contributed by atoms with Gasteiger partial charge in [-0.15, -0.1) is 0 Å². The van der Waals surface area contributed by atoms with E-state index in [0.717, 1.165) is 31.8 Å². The third-order valence-electron chi connectivity index (χ3n) is 3.54. The van der Waals surface area contributed by atoms with Crippen LogP contribution in [0.1, 0.15) is 24.6 Å². The summed E-state index contributed by atoms with van der Waals surface area (Å²) in [4.78, 5) is 14.9. The highest BCUT2D eigenvalue weighted by molar-refractivity contribution is 5.58. The Morgan fingerprint density at radius 3 is 2.85 bits per heavy atom. The molecule has 0 spiro atoms. The molecule has 0 saturated carbocycles. The summed E-state index contributed by atoms with van der Waals surface area (Å²) in [5, 5.41) is 21.2. The molecule has 2 aromatic rings. The highest BCUT2D eigenvalue weighted by Gasteiger charge is 2.19. The van der Waals surface area contributed by atoms with Crippen LogP contribution >= 0.6 is 0 Å². The third kappa shape index (κ3) is 2.53. The van der Waals surface area contributed by atoms with Crippen LogP contribution in [0.4, 0.5) is 5.69 Å². The molecule has 7 heteroatoms. The van der Waals surface area contributed by atoms with E-state index in [9.17, 15) is 10.1 Å². The maximum Gasteiger partial charge on any atom is 0.270 e. The topological polar surface area (TPSA) is 96.7 Å². The summed E-state index contributed by atoms with van der Waals surface area (Å²) in [5.41, 5.74) is 0.714. The van der Waals surface area contributed by atoms with Gasteiger partial charge in [0.1, 0.15) is 5.82 Å². The summed E-state index contributed by atoms with van der Waals surface area (Å²) in [6.45, 7) is 1.97. The molecule has 0 radical (unpaired) electrons. The van der Waals surface area contributed by atoms with Crippen LogP contribution < -0.4 is 5.32 Å². The Morgan fingerprint density at radius 2 is 2.10 bits per heavy atom. The number of nitro groups is 1. The Labute approximate surface area is 115 Å². The number of hydrogen-bond donors (Lipinski definition) is 2. The van der Waals surface area contributed by atoms with Gasteiger partial charge in [0.25, 0.3) is 5.69 Å². The van der Waals surface area contributed by atoms with Gasteiger partial charge in [0.2, 0.25) is 0 Å². The van der Waals surface area contributed by atoms with Crippen LogP contribution in [0.2, 0.25) is 0 Å². The van der Waals surface area contributed by atoms with E-state index in [0.29, 0.717) is 17.3 Å². The Kier molecular flexibility index (Phi) is 3.42. The first-order valence-corrected chi connectivity index (χ1v) is 6.62. The highest BCUT2D eigenvalue weighted by atomic mass is 16.6. The molecule has 1 aliphatic heterocycles. The van der Waals surface area contributed by atoms with Crippen LogP contribution in [0.5, 0.6) is 0 Å². The second-order valence-corrected chi connectivity index (χ2v) is 4.88. The predicted octanol–water partition coefficient (Wildman–Crippen LogP) is 1.85. The zero-order chi connectivity index (χ0) is 13.9. The molecule has 7 nitrogen and oxygen atoms in total. The van der Waals surface area contributed by atoms with Gasteiger partial charge in [0.15, 0.2) is 5.82 Å². The lowest BCUT2D eigenvalue weighted by Gasteiger charge is -2.19. The first-order valence-electron chi connectivity index (χ1n) is 6.62. The number of nitrogens with zero attached hydrogens (tertiary/aromatic N) is 3. The molecule has 0 aliphatic carbocycles. The number of non-ortho nitro benzene ring substituents is 1. The molecule has 0 bridgehead atoms. The number of hydrogen-bond acceptors (Lipinski definition) is 5. The van der Waals surface area contributed by atoms with Crippen LogP contribution in [0.3, 0.4) is 0 Å². The van der Waals surface area contributed by atoms with Crippen molar-refractivity contribution in [1.82, 2.24) is 20.5 Å². The monoisotopic (exact) mass is 273 g/mol.